The van der Waals surface area contributed by atoms with E-state index in [-0.39, 0.29) is 18.8 Å². The lowest BCUT2D eigenvalue weighted by molar-refractivity contribution is -0.0938. The smallest absolute Gasteiger partial charge is 0.340 e. The molecule has 1 aliphatic heterocycles. The molecule has 4 rings (SSSR count). The highest BCUT2D eigenvalue weighted by molar-refractivity contribution is 7.21. The SMILES string of the molecule is CCn1cc(Nc2ncc(-c3ccc(CC(=P)NC4=NCCC(C(F)(F)F)=C4)cc3)cn2)cn1. The Balaban J connectivity index is 1.34. The summed E-state index contributed by atoms with van der Waals surface area (Å²) in [5, 5.41) is 10.2. The maximum Gasteiger partial charge on any atom is 0.412 e. The lowest BCUT2D eigenvalue weighted by Crippen LogP contribution is -2.32. The van der Waals surface area contributed by atoms with Gasteiger partial charge in [-0.3, -0.25) is 9.67 Å². The molecule has 3 heterocycles. The van der Waals surface area contributed by atoms with Crippen molar-refractivity contribution in [3.63, 3.8) is 0 Å². The highest BCUT2D eigenvalue weighted by Gasteiger charge is 2.34. The summed E-state index contributed by atoms with van der Waals surface area (Å²) in [5.74, 6) is 0.682. The molecule has 0 aliphatic carbocycles. The standard InChI is InChI=1S/C23H23F3N7P/c1-2-33-14-19(13-30-33)31-22-28-11-17(12-29-22)16-5-3-15(4-6-16)9-21(34)32-20-10-18(7-8-27-20)23(24,25)26/h3-6,10-14,34H,2,7-9H2,1H3,(H,27,32)(H,28,29,31). The van der Waals surface area contributed by atoms with Crippen LogP contribution >= 0.6 is 8.86 Å². The molecular formula is C23H23F3N7P. The molecule has 176 valence electrons. The van der Waals surface area contributed by atoms with Crippen LogP contribution < -0.4 is 10.6 Å². The van der Waals surface area contributed by atoms with Crippen molar-refractivity contribution < 1.29 is 13.2 Å². The van der Waals surface area contributed by atoms with Gasteiger partial charge in [0.05, 0.1) is 11.9 Å². The summed E-state index contributed by atoms with van der Waals surface area (Å²) < 4.78 is 40.6. The van der Waals surface area contributed by atoms with E-state index in [4.69, 9.17) is 0 Å². The van der Waals surface area contributed by atoms with Crippen molar-refractivity contribution in [3.05, 3.63) is 66.3 Å². The molecule has 1 aromatic carbocycles. The molecule has 0 spiro atoms. The number of rotatable bonds is 7. The molecule has 0 unspecified atom stereocenters. The van der Waals surface area contributed by atoms with Crippen LogP contribution in [0.5, 0.6) is 0 Å². The van der Waals surface area contributed by atoms with Gasteiger partial charge in [-0.25, -0.2) is 9.97 Å². The molecule has 1 aliphatic rings. The van der Waals surface area contributed by atoms with E-state index in [0.717, 1.165) is 35.0 Å². The maximum atomic E-state index is 12.9. The number of nitrogens with one attached hydrogen (secondary N) is 2. The molecule has 0 atom stereocenters. The molecule has 0 amide bonds. The molecule has 3 aromatic rings. The van der Waals surface area contributed by atoms with Gasteiger partial charge in [-0.15, -0.1) is 0 Å². The first-order valence-electron chi connectivity index (χ1n) is 10.7. The number of aliphatic imine (C=N–C) groups is 1. The fraction of sp³-hybridized carbons (Fsp3) is 0.261. The van der Waals surface area contributed by atoms with E-state index in [0.29, 0.717) is 17.8 Å². The fourth-order valence-electron chi connectivity index (χ4n) is 3.37. The lowest BCUT2D eigenvalue weighted by Gasteiger charge is -2.17. The van der Waals surface area contributed by atoms with Gasteiger partial charge in [0.25, 0.3) is 0 Å². The Labute approximate surface area is 197 Å². The van der Waals surface area contributed by atoms with Crippen molar-refractivity contribution in [2.45, 2.75) is 32.5 Å². The van der Waals surface area contributed by atoms with E-state index in [1.165, 1.54) is 0 Å². The number of aryl methyl sites for hydroxylation is 1. The predicted octanol–water partition coefficient (Wildman–Crippen LogP) is 4.80. The molecule has 0 saturated carbocycles. The minimum absolute atomic E-state index is 0.0997. The number of nitrogens with zero attached hydrogens (tertiary/aromatic N) is 5. The van der Waals surface area contributed by atoms with Crippen LogP contribution in [0.15, 0.2) is 65.7 Å². The fourth-order valence-corrected chi connectivity index (χ4v) is 3.70. The molecule has 34 heavy (non-hydrogen) atoms. The Morgan fingerprint density at radius 2 is 1.82 bits per heavy atom. The van der Waals surface area contributed by atoms with E-state index in [1.807, 2.05) is 42.1 Å². The van der Waals surface area contributed by atoms with E-state index in [9.17, 15) is 13.2 Å². The molecule has 0 saturated heterocycles. The second kappa shape index (κ2) is 10.2. The van der Waals surface area contributed by atoms with Gasteiger partial charge in [0, 0.05) is 54.7 Å². The Kier molecular flexibility index (Phi) is 7.07. The summed E-state index contributed by atoms with van der Waals surface area (Å²) in [7, 11) is 3.46. The van der Waals surface area contributed by atoms with Crippen molar-refractivity contribution in [1.29, 1.82) is 0 Å². The van der Waals surface area contributed by atoms with Crippen LogP contribution in [0.1, 0.15) is 18.9 Å². The normalized spacial score (nSPS) is 13.8. The predicted molar refractivity (Wildman–Crippen MR) is 130 cm³/mol. The number of alkyl halides is 3. The van der Waals surface area contributed by atoms with Crippen molar-refractivity contribution in [1.82, 2.24) is 25.1 Å². The van der Waals surface area contributed by atoms with Gasteiger partial charge in [0.15, 0.2) is 0 Å². The second-order valence-electron chi connectivity index (χ2n) is 7.67. The third kappa shape index (κ3) is 6.08. The average molecular weight is 485 g/mol. The molecule has 2 aromatic heterocycles. The second-order valence-corrected chi connectivity index (χ2v) is 8.27. The zero-order valence-corrected chi connectivity index (χ0v) is 19.4. The zero-order valence-electron chi connectivity index (χ0n) is 18.4. The summed E-state index contributed by atoms with van der Waals surface area (Å²) in [6.07, 6.45) is 4.19. The first kappa shape index (κ1) is 23.6. The van der Waals surface area contributed by atoms with Crippen LogP contribution in [-0.4, -0.2) is 43.7 Å². The van der Waals surface area contributed by atoms with Crippen LogP contribution in [0, 0.1) is 0 Å². The molecule has 0 fully saturated rings. The first-order valence-corrected chi connectivity index (χ1v) is 11.2. The van der Waals surface area contributed by atoms with Crippen molar-refractivity contribution in [2.75, 3.05) is 11.9 Å². The molecule has 11 heteroatoms. The van der Waals surface area contributed by atoms with Gasteiger partial charge in [0.1, 0.15) is 5.84 Å². The third-order valence-electron chi connectivity index (χ3n) is 5.15. The summed E-state index contributed by atoms with van der Waals surface area (Å²) in [6.45, 7) is 2.91. The molecule has 7 nitrogen and oxygen atoms in total. The van der Waals surface area contributed by atoms with E-state index in [1.54, 1.807) is 18.6 Å². The van der Waals surface area contributed by atoms with Crippen molar-refractivity contribution in [3.8, 4) is 11.1 Å². The molecular weight excluding hydrogens is 462 g/mol. The van der Waals surface area contributed by atoms with E-state index >= 15 is 0 Å². The highest BCUT2D eigenvalue weighted by Crippen LogP contribution is 2.29. The van der Waals surface area contributed by atoms with Gasteiger partial charge in [-0.1, -0.05) is 33.1 Å². The molecule has 0 radical (unpaired) electrons. The maximum absolute atomic E-state index is 12.9. The Morgan fingerprint density at radius 3 is 2.47 bits per heavy atom. The Bertz CT molecular complexity index is 1210. The monoisotopic (exact) mass is 485 g/mol. The van der Waals surface area contributed by atoms with Gasteiger partial charge >= 0.3 is 6.18 Å². The number of benzene rings is 1. The Hall–Kier alpha value is -3.52. The number of halogens is 3. The van der Waals surface area contributed by atoms with Crippen LogP contribution in [-0.2, 0) is 13.0 Å². The minimum Gasteiger partial charge on any atom is -0.340 e. The third-order valence-corrected chi connectivity index (χ3v) is 5.45. The summed E-state index contributed by atoms with van der Waals surface area (Å²) in [5.41, 5.74) is 3.66. The topological polar surface area (TPSA) is 80.0 Å². The number of dihydropyridines is 1. The van der Waals surface area contributed by atoms with Gasteiger partial charge < -0.3 is 10.6 Å². The number of hydrogen-bond donors (Lipinski definition) is 2. The number of amidine groups is 1. The average Bonchev–Trinajstić information content (AvgIpc) is 3.27. The quantitative estimate of drug-likeness (QED) is 0.470. The van der Waals surface area contributed by atoms with Crippen molar-refractivity contribution >= 4 is 31.8 Å². The summed E-state index contributed by atoms with van der Waals surface area (Å²) in [4.78, 5) is 12.9. The first-order chi connectivity index (χ1) is 16.3. The number of hydrogen-bond acceptors (Lipinski definition) is 5. The lowest BCUT2D eigenvalue weighted by atomic mass is 10.1. The largest absolute Gasteiger partial charge is 0.412 e. The minimum atomic E-state index is -4.33. The van der Waals surface area contributed by atoms with Gasteiger partial charge in [-0.05, 0) is 30.5 Å². The van der Waals surface area contributed by atoms with Crippen LogP contribution in [0.4, 0.5) is 24.8 Å². The molecule has 2 N–H and O–H groups in total. The molecule has 0 bridgehead atoms. The van der Waals surface area contributed by atoms with Crippen molar-refractivity contribution in [2.24, 2.45) is 4.99 Å². The Morgan fingerprint density at radius 1 is 1.09 bits per heavy atom. The van der Waals surface area contributed by atoms with Crippen LogP contribution in [0.25, 0.3) is 11.1 Å². The van der Waals surface area contributed by atoms with E-state index in [2.05, 4.69) is 39.6 Å². The van der Waals surface area contributed by atoms with Gasteiger partial charge in [-0.2, -0.15) is 18.3 Å². The highest BCUT2D eigenvalue weighted by atomic mass is 31.0. The van der Waals surface area contributed by atoms with Crippen LogP contribution in [0.3, 0.4) is 0 Å². The van der Waals surface area contributed by atoms with E-state index < -0.39 is 11.7 Å². The van der Waals surface area contributed by atoms with Crippen LogP contribution in [0.2, 0.25) is 0 Å². The zero-order chi connectivity index (χ0) is 24.1. The summed E-state index contributed by atoms with van der Waals surface area (Å²) in [6, 6.07) is 7.79. The van der Waals surface area contributed by atoms with Gasteiger partial charge in [0.2, 0.25) is 5.95 Å². The number of aromatic nitrogens is 4. The summed E-state index contributed by atoms with van der Waals surface area (Å²) >= 11 is 0. The number of anilines is 2.